The lowest BCUT2D eigenvalue weighted by atomic mass is 9.89. The molecule has 0 saturated carbocycles. The molecule has 0 amide bonds. The van der Waals surface area contributed by atoms with Gasteiger partial charge in [-0.1, -0.05) is 37.3 Å². The minimum absolute atomic E-state index is 0.126. The average molecular weight is 431 g/mol. The van der Waals surface area contributed by atoms with Crippen molar-refractivity contribution < 1.29 is 19.4 Å². The van der Waals surface area contributed by atoms with Crippen LogP contribution in [0.1, 0.15) is 24.0 Å². The van der Waals surface area contributed by atoms with Crippen molar-refractivity contribution in [2.24, 2.45) is 5.92 Å². The molecule has 156 valence electrons. The Kier molecular flexibility index (Phi) is 5.12. The Balaban J connectivity index is 1.31. The Bertz CT molecular complexity index is 1260. The summed E-state index contributed by atoms with van der Waals surface area (Å²) in [5.74, 6) is 0.0172. The Morgan fingerprint density at radius 2 is 2.00 bits per heavy atom. The first-order valence-electron chi connectivity index (χ1n) is 10.3. The summed E-state index contributed by atoms with van der Waals surface area (Å²) in [6.07, 6.45) is 0. The SMILES string of the molecule is CC(C(=O)O)C1COc2cc(OCc3cccc(-c4ccc5sccc5c4)c3)ccc21. The molecule has 0 fully saturated rings. The molecule has 0 spiro atoms. The van der Waals surface area contributed by atoms with Crippen molar-refractivity contribution in [3.05, 3.63) is 83.2 Å². The molecule has 5 heteroatoms. The van der Waals surface area contributed by atoms with Gasteiger partial charge in [0, 0.05) is 22.2 Å². The molecule has 2 unspecified atom stereocenters. The van der Waals surface area contributed by atoms with Gasteiger partial charge in [-0.2, -0.15) is 0 Å². The molecule has 1 aliphatic heterocycles. The zero-order valence-electron chi connectivity index (χ0n) is 17.1. The zero-order chi connectivity index (χ0) is 21.4. The van der Waals surface area contributed by atoms with E-state index in [4.69, 9.17) is 9.47 Å². The van der Waals surface area contributed by atoms with Crippen LogP contribution in [-0.2, 0) is 11.4 Å². The Morgan fingerprint density at radius 1 is 1.13 bits per heavy atom. The van der Waals surface area contributed by atoms with Crippen molar-refractivity contribution in [1.82, 2.24) is 0 Å². The van der Waals surface area contributed by atoms with E-state index >= 15 is 0 Å². The number of rotatable bonds is 6. The first-order chi connectivity index (χ1) is 15.1. The molecule has 3 aromatic carbocycles. The fraction of sp³-hybridized carbons (Fsp3) is 0.192. The van der Waals surface area contributed by atoms with E-state index < -0.39 is 11.9 Å². The van der Waals surface area contributed by atoms with Gasteiger partial charge in [-0.25, -0.2) is 0 Å². The second-order valence-electron chi connectivity index (χ2n) is 7.91. The van der Waals surface area contributed by atoms with Gasteiger partial charge in [0.15, 0.2) is 0 Å². The second kappa shape index (κ2) is 8.08. The van der Waals surface area contributed by atoms with Gasteiger partial charge in [-0.3, -0.25) is 4.79 Å². The number of benzene rings is 3. The largest absolute Gasteiger partial charge is 0.492 e. The fourth-order valence-electron chi connectivity index (χ4n) is 4.04. The molecule has 5 rings (SSSR count). The van der Waals surface area contributed by atoms with Gasteiger partial charge in [-0.15, -0.1) is 11.3 Å². The Labute approximate surface area is 184 Å². The van der Waals surface area contributed by atoms with Crippen LogP contribution in [0.2, 0.25) is 0 Å². The summed E-state index contributed by atoms with van der Waals surface area (Å²) in [6.45, 7) is 2.56. The second-order valence-corrected chi connectivity index (χ2v) is 8.85. The van der Waals surface area contributed by atoms with Gasteiger partial charge in [-0.05, 0) is 57.8 Å². The van der Waals surface area contributed by atoms with Crippen molar-refractivity contribution >= 4 is 27.4 Å². The molecular weight excluding hydrogens is 408 g/mol. The Morgan fingerprint density at radius 3 is 2.87 bits per heavy atom. The lowest BCUT2D eigenvalue weighted by Crippen LogP contribution is -2.19. The van der Waals surface area contributed by atoms with E-state index in [1.165, 1.54) is 15.6 Å². The summed E-state index contributed by atoms with van der Waals surface area (Å²) in [5.41, 5.74) is 4.38. The lowest BCUT2D eigenvalue weighted by Gasteiger charge is -2.13. The quantitative estimate of drug-likeness (QED) is 0.388. The molecule has 4 aromatic rings. The third-order valence-electron chi connectivity index (χ3n) is 5.91. The van der Waals surface area contributed by atoms with Gasteiger partial charge in [0.25, 0.3) is 0 Å². The van der Waals surface area contributed by atoms with Crippen LogP contribution >= 0.6 is 11.3 Å². The summed E-state index contributed by atoms with van der Waals surface area (Å²) in [6, 6.07) is 22.7. The predicted octanol–water partition coefficient (Wildman–Crippen LogP) is 6.34. The summed E-state index contributed by atoms with van der Waals surface area (Å²) >= 11 is 1.75. The van der Waals surface area contributed by atoms with Crippen molar-refractivity contribution in [1.29, 1.82) is 0 Å². The van der Waals surface area contributed by atoms with Crippen molar-refractivity contribution in [3.8, 4) is 22.6 Å². The van der Waals surface area contributed by atoms with E-state index in [9.17, 15) is 9.90 Å². The molecule has 31 heavy (non-hydrogen) atoms. The van der Waals surface area contributed by atoms with Crippen LogP contribution in [0.4, 0.5) is 0 Å². The molecule has 0 saturated heterocycles. The Hall–Kier alpha value is -3.31. The molecule has 2 atom stereocenters. The van der Waals surface area contributed by atoms with Crippen molar-refractivity contribution in [2.45, 2.75) is 19.4 Å². The molecule has 0 bridgehead atoms. The number of fused-ring (bicyclic) bond motifs is 2. The average Bonchev–Trinajstić information content (AvgIpc) is 3.43. The van der Waals surface area contributed by atoms with Crippen molar-refractivity contribution in [3.63, 3.8) is 0 Å². The van der Waals surface area contributed by atoms with Gasteiger partial charge in [0.2, 0.25) is 0 Å². The highest BCUT2D eigenvalue weighted by Crippen LogP contribution is 2.40. The number of hydrogen-bond acceptors (Lipinski definition) is 4. The number of carboxylic acids is 1. The molecule has 1 aliphatic rings. The van der Waals surface area contributed by atoms with E-state index in [0.717, 1.165) is 16.7 Å². The molecular formula is C26H22O4S. The van der Waals surface area contributed by atoms with Gasteiger partial charge < -0.3 is 14.6 Å². The number of hydrogen-bond donors (Lipinski definition) is 1. The predicted molar refractivity (Wildman–Crippen MR) is 123 cm³/mol. The van der Waals surface area contributed by atoms with E-state index in [1.807, 2.05) is 18.2 Å². The van der Waals surface area contributed by atoms with E-state index in [-0.39, 0.29) is 5.92 Å². The highest BCUT2D eigenvalue weighted by atomic mass is 32.1. The first-order valence-corrected chi connectivity index (χ1v) is 11.2. The minimum atomic E-state index is -0.806. The van der Waals surface area contributed by atoms with E-state index in [1.54, 1.807) is 18.3 Å². The molecule has 0 radical (unpaired) electrons. The molecule has 1 N–H and O–H groups in total. The zero-order valence-corrected chi connectivity index (χ0v) is 17.9. The smallest absolute Gasteiger partial charge is 0.306 e. The number of aliphatic carboxylic acids is 1. The lowest BCUT2D eigenvalue weighted by molar-refractivity contribution is -0.142. The highest BCUT2D eigenvalue weighted by Gasteiger charge is 2.33. The number of carbonyl (C=O) groups is 1. The van der Waals surface area contributed by atoms with Crippen LogP contribution in [0, 0.1) is 5.92 Å². The maximum atomic E-state index is 11.3. The van der Waals surface area contributed by atoms with Crippen LogP contribution in [0.25, 0.3) is 21.2 Å². The fourth-order valence-corrected chi connectivity index (χ4v) is 4.82. The van der Waals surface area contributed by atoms with Crippen LogP contribution < -0.4 is 9.47 Å². The topological polar surface area (TPSA) is 55.8 Å². The minimum Gasteiger partial charge on any atom is -0.492 e. The van der Waals surface area contributed by atoms with Crippen LogP contribution in [0.15, 0.2) is 72.1 Å². The molecule has 2 heterocycles. The summed E-state index contributed by atoms with van der Waals surface area (Å²) < 4.78 is 13.0. The standard InChI is InChI=1S/C26H22O4S/c1-16(26(27)28)23-15-30-24-13-21(6-7-22(23)24)29-14-17-3-2-4-18(11-17)19-5-8-25-20(12-19)9-10-31-25/h2-13,16,23H,14-15H2,1H3,(H,27,28). The summed E-state index contributed by atoms with van der Waals surface area (Å²) in [4.78, 5) is 11.3. The first kappa shape index (κ1) is 19.6. The van der Waals surface area contributed by atoms with Crippen LogP contribution in [-0.4, -0.2) is 17.7 Å². The molecule has 1 aromatic heterocycles. The normalized spacial score (nSPS) is 16.0. The number of thiophene rings is 1. The van der Waals surface area contributed by atoms with E-state index in [0.29, 0.717) is 24.7 Å². The maximum Gasteiger partial charge on any atom is 0.306 e. The molecule has 4 nitrogen and oxygen atoms in total. The van der Waals surface area contributed by atoms with Gasteiger partial charge in [0.05, 0.1) is 12.5 Å². The third kappa shape index (κ3) is 3.89. The van der Waals surface area contributed by atoms with Gasteiger partial charge in [0.1, 0.15) is 18.1 Å². The maximum absolute atomic E-state index is 11.3. The van der Waals surface area contributed by atoms with E-state index in [2.05, 4.69) is 53.9 Å². The summed E-state index contributed by atoms with van der Waals surface area (Å²) in [5, 5.41) is 12.7. The highest BCUT2D eigenvalue weighted by molar-refractivity contribution is 7.17. The van der Waals surface area contributed by atoms with Crippen LogP contribution in [0.3, 0.4) is 0 Å². The number of ether oxygens (including phenoxy) is 2. The van der Waals surface area contributed by atoms with Crippen molar-refractivity contribution in [2.75, 3.05) is 6.61 Å². The number of carboxylic acid groups (broad SMARTS) is 1. The van der Waals surface area contributed by atoms with Crippen LogP contribution in [0.5, 0.6) is 11.5 Å². The monoisotopic (exact) mass is 430 g/mol. The summed E-state index contributed by atoms with van der Waals surface area (Å²) in [7, 11) is 0. The third-order valence-corrected chi connectivity index (χ3v) is 6.81. The molecule has 0 aliphatic carbocycles. The van der Waals surface area contributed by atoms with Gasteiger partial charge >= 0.3 is 5.97 Å².